The first-order valence-electron chi connectivity index (χ1n) is 8.37. The molecule has 0 aliphatic heterocycles. The Balaban J connectivity index is 1.66. The van der Waals surface area contributed by atoms with Gasteiger partial charge in [-0.3, -0.25) is 4.79 Å². The van der Waals surface area contributed by atoms with Crippen molar-refractivity contribution in [2.45, 2.75) is 38.5 Å². The van der Waals surface area contributed by atoms with E-state index in [-0.39, 0.29) is 17.9 Å². The molecule has 2 aromatic carbocycles. The van der Waals surface area contributed by atoms with E-state index in [9.17, 15) is 14.7 Å². The predicted octanol–water partition coefficient (Wildman–Crippen LogP) is 3.83. The molecule has 2 aromatic rings. The molecule has 124 valence electrons. The standard InChI is InChI=1S/C20H21NO3/c22-19(13-12-15-7-2-4-10-17(15)20(23)24)21-18-11-5-8-14-6-1-3-9-16(14)18/h2,4-5,7-8,10-11H,1,3,6,9,12-13H2,(H,21,22)(H,23,24). The highest BCUT2D eigenvalue weighted by Gasteiger charge is 2.15. The van der Waals surface area contributed by atoms with Crippen LogP contribution in [0.2, 0.25) is 0 Å². The molecule has 4 heteroatoms. The van der Waals surface area contributed by atoms with Crippen molar-refractivity contribution in [2.24, 2.45) is 0 Å². The minimum atomic E-state index is -0.955. The topological polar surface area (TPSA) is 66.4 Å². The number of nitrogens with one attached hydrogen (secondary N) is 1. The molecule has 0 heterocycles. The van der Waals surface area contributed by atoms with Gasteiger partial charge in [-0.1, -0.05) is 30.3 Å². The second-order valence-corrected chi connectivity index (χ2v) is 6.16. The van der Waals surface area contributed by atoms with Gasteiger partial charge < -0.3 is 10.4 Å². The highest BCUT2D eigenvalue weighted by atomic mass is 16.4. The van der Waals surface area contributed by atoms with Crippen LogP contribution in [0, 0.1) is 0 Å². The Morgan fingerprint density at radius 2 is 1.79 bits per heavy atom. The second kappa shape index (κ2) is 7.30. The number of fused-ring (bicyclic) bond motifs is 1. The first-order chi connectivity index (χ1) is 11.6. The Morgan fingerprint density at radius 3 is 2.62 bits per heavy atom. The van der Waals surface area contributed by atoms with Crippen molar-refractivity contribution in [1.82, 2.24) is 0 Å². The minimum absolute atomic E-state index is 0.0748. The summed E-state index contributed by atoms with van der Waals surface area (Å²) in [5.41, 5.74) is 4.44. The molecule has 0 unspecified atom stereocenters. The monoisotopic (exact) mass is 323 g/mol. The molecular formula is C20H21NO3. The molecule has 1 amide bonds. The molecule has 0 saturated heterocycles. The number of anilines is 1. The van der Waals surface area contributed by atoms with Crippen molar-refractivity contribution >= 4 is 17.6 Å². The van der Waals surface area contributed by atoms with Gasteiger partial charge in [0, 0.05) is 12.1 Å². The van der Waals surface area contributed by atoms with Crippen molar-refractivity contribution in [1.29, 1.82) is 0 Å². The molecule has 0 fully saturated rings. The van der Waals surface area contributed by atoms with Crippen LogP contribution >= 0.6 is 0 Å². The van der Waals surface area contributed by atoms with Crippen LogP contribution in [0.15, 0.2) is 42.5 Å². The fraction of sp³-hybridized carbons (Fsp3) is 0.300. The quantitative estimate of drug-likeness (QED) is 0.878. The van der Waals surface area contributed by atoms with E-state index in [0.29, 0.717) is 12.0 Å². The molecule has 0 atom stereocenters. The number of benzene rings is 2. The first-order valence-corrected chi connectivity index (χ1v) is 8.37. The number of rotatable bonds is 5. The first kappa shape index (κ1) is 16.2. The minimum Gasteiger partial charge on any atom is -0.478 e. The number of aryl methyl sites for hydroxylation is 2. The summed E-state index contributed by atoms with van der Waals surface area (Å²) >= 11 is 0. The summed E-state index contributed by atoms with van der Waals surface area (Å²) in [6.45, 7) is 0. The zero-order valence-electron chi connectivity index (χ0n) is 13.5. The van der Waals surface area contributed by atoms with Gasteiger partial charge in [0.15, 0.2) is 0 Å². The fourth-order valence-corrected chi connectivity index (χ4v) is 3.31. The number of carbonyl (C=O) groups excluding carboxylic acids is 1. The van der Waals surface area contributed by atoms with E-state index in [1.165, 1.54) is 17.5 Å². The van der Waals surface area contributed by atoms with Gasteiger partial charge in [0.2, 0.25) is 5.91 Å². The Bertz CT molecular complexity index is 767. The van der Waals surface area contributed by atoms with Crippen LogP contribution in [0.4, 0.5) is 5.69 Å². The number of amides is 1. The van der Waals surface area contributed by atoms with Gasteiger partial charge in [-0.25, -0.2) is 4.79 Å². The lowest BCUT2D eigenvalue weighted by molar-refractivity contribution is -0.116. The molecule has 1 aliphatic carbocycles. The van der Waals surface area contributed by atoms with E-state index < -0.39 is 5.97 Å². The maximum absolute atomic E-state index is 12.3. The van der Waals surface area contributed by atoms with E-state index in [0.717, 1.165) is 24.9 Å². The summed E-state index contributed by atoms with van der Waals surface area (Å²) in [5, 5.41) is 12.2. The summed E-state index contributed by atoms with van der Waals surface area (Å²) in [6.07, 6.45) is 5.14. The van der Waals surface area contributed by atoms with E-state index >= 15 is 0 Å². The smallest absolute Gasteiger partial charge is 0.335 e. The molecule has 0 radical (unpaired) electrons. The molecule has 2 N–H and O–H groups in total. The Hall–Kier alpha value is -2.62. The van der Waals surface area contributed by atoms with Gasteiger partial charge in [-0.2, -0.15) is 0 Å². The lowest BCUT2D eigenvalue weighted by atomic mass is 9.90. The normalized spacial score (nSPS) is 13.2. The molecule has 0 bridgehead atoms. The number of hydrogen-bond acceptors (Lipinski definition) is 2. The SMILES string of the molecule is O=C(CCc1ccccc1C(=O)O)Nc1cccc2c1CCCC2. The van der Waals surface area contributed by atoms with Gasteiger partial charge in [0.05, 0.1) is 5.56 Å². The molecule has 0 saturated carbocycles. The lowest BCUT2D eigenvalue weighted by Gasteiger charge is -2.19. The molecule has 1 aliphatic rings. The molecule has 0 aromatic heterocycles. The average molecular weight is 323 g/mol. The van der Waals surface area contributed by atoms with Gasteiger partial charge in [0.1, 0.15) is 0 Å². The highest BCUT2D eigenvalue weighted by molar-refractivity contribution is 5.93. The number of carbonyl (C=O) groups is 2. The molecular weight excluding hydrogens is 302 g/mol. The average Bonchev–Trinajstić information content (AvgIpc) is 2.60. The van der Waals surface area contributed by atoms with Crippen LogP contribution < -0.4 is 5.32 Å². The van der Waals surface area contributed by atoms with E-state index in [4.69, 9.17) is 0 Å². The lowest BCUT2D eigenvalue weighted by Crippen LogP contribution is -2.16. The van der Waals surface area contributed by atoms with Crippen LogP contribution in [0.5, 0.6) is 0 Å². The molecule has 4 nitrogen and oxygen atoms in total. The largest absolute Gasteiger partial charge is 0.478 e. The van der Waals surface area contributed by atoms with Crippen LogP contribution in [0.3, 0.4) is 0 Å². The number of carboxylic acid groups (broad SMARTS) is 1. The van der Waals surface area contributed by atoms with E-state index in [2.05, 4.69) is 11.4 Å². The van der Waals surface area contributed by atoms with Crippen molar-refractivity contribution in [2.75, 3.05) is 5.32 Å². The maximum Gasteiger partial charge on any atom is 0.335 e. The van der Waals surface area contributed by atoms with Gasteiger partial charge in [0.25, 0.3) is 0 Å². The van der Waals surface area contributed by atoms with Crippen LogP contribution in [0.25, 0.3) is 0 Å². The Kier molecular flexibility index (Phi) is 4.94. The van der Waals surface area contributed by atoms with Crippen molar-refractivity contribution in [3.8, 4) is 0 Å². The zero-order chi connectivity index (χ0) is 16.9. The third-order valence-electron chi connectivity index (χ3n) is 4.54. The Labute approximate surface area is 141 Å². The van der Waals surface area contributed by atoms with Gasteiger partial charge in [-0.15, -0.1) is 0 Å². The summed E-state index contributed by atoms with van der Waals surface area (Å²) in [7, 11) is 0. The maximum atomic E-state index is 12.3. The highest BCUT2D eigenvalue weighted by Crippen LogP contribution is 2.28. The summed E-state index contributed by atoms with van der Waals surface area (Å²) in [6, 6.07) is 12.9. The summed E-state index contributed by atoms with van der Waals surface area (Å²) in [5.74, 6) is -1.03. The van der Waals surface area contributed by atoms with Crippen LogP contribution in [-0.4, -0.2) is 17.0 Å². The van der Waals surface area contributed by atoms with Crippen molar-refractivity contribution < 1.29 is 14.7 Å². The second-order valence-electron chi connectivity index (χ2n) is 6.16. The third kappa shape index (κ3) is 3.65. The van der Waals surface area contributed by atoms with Crippen molar-refractivity contribution in [3.05, 3.63) is 64.7 Å². The fourth-order valence-electron chi connectivity index (χ4n) is 3.31. The zero-order valence-corrected chi connectivity index (χ0v) is 13.5. The van der Waals surface area contributed by atoms with E-state index in [1.54, 1.807) is 24.3 Å². The van der Waals surface area contributed by atoms with Crippen LogP contribution in [0.1, 0.15) is 46.3 Å². The summed E-state index contributed by atoms with van der Waals surface area (Å²) < 4.78 is 0. The van der Waals surface area contributed by atoms with Gasteiger partial charge in [-0.05, 0) is 60.9 Å². The molecule has 0 spiro atoms. The van der Waals surface area contributed by atoms with Crippen LogP contribution in [-0.2, 0) is 24.1 Å². The molecule has 3 rings (SSSR count). The predicted molar refractivity (Wildman–Crippen MR) is 93.4 cm³/mol. The number of hydrogen-bond donors (Lipinski definition) is 2. The van der Waals surface area contributed by atoms with Crippen molar-refractivity contribution in [3.63, 3.8) is 0 Å². The Morgan fingerprint density at radius 1 is 1.00 bits per heavy atom. The number of carboxylic acids is 1. The third-order valence-corrected chi connectivity index (χ3v) is 4.54. The van der Waals surface area contributed by atoms with Gasteiger partial charge >= 0.3 is 5.97 Å². The molecule has 24 heavy (non-hydrogen) atoms. The number of aromatic carboxylic acids is 1. The summed E-state index contributed by atoms with van der Waals surface area (Å²) in [4.78, 5) is 23.5. The van der Waals surface area contributed by atoms with E-state index in [1.807, 2.05) is 12.1 Å².